The van der Waals surface area contributed by atoms with E-state index in [2.05, 4.69) is 10.2 Å². The molecule has 2 rings (SSSR count). The number of hydrogen-bond donors (Lipinski definition) is 2. The Labute approximate surface area is 118 Å². The van der Waals surface area contributed by atoms with Crippen LogP contribution in [-0.4, -0.2) is 46.6 Å². The summed E-state index contributed by atoms with van der Waals surface area (Å²) in [5.74, 6) is -0.895. The fourth-order valence-corrected chi connectivity index (χ4v) is 4.61. The highest BCUT2D eigenvalue weighted by molar-refractivity contribution is 7.89. The number of aryl methyl sites for hydroxylation is 2. The highest BCUT2D eigenvalue weighted by Gasteiger charge is 2.41. The van der Waals surface area contributed by atoms with Crippen LogP contribution in [-0.2, 0) is 14.8 Å². The second kappa shape index (κ2) is 5.17. The summed E-state index contributed by atoms with van der Waals surface area (Å²) in [6, 6.07) is -1.00. The minimum absolute atomic E-state index is 0.0957. The fourth-order valence-electron chi connectivity index (χ4n) is 2.67. The predicted octanol–water partition coefficient (Wildman–Crippen LogP) is 0.900. The van der Waals surface area contributed by atoms with E-state index in [0.717, 1.165) is 4.31 Å². The first-order valence-electron chi connectivity index (χ1n) is 6.51. The van der Waals surface area contributed by atoms with Crippen molar-refractivity contribution in [2.45, 2.75) is 44.6 Å². The van der Waals surface area contributed by atoms with Gasteiger partial charge in [-0.25, -0.2) is 8.42 Å². The van der Waals surface area contributed by atoms with Crippen LogP contribution in [0.3, 0.4) is 0 Å². The van der Waals surface area contributed by atoms with Gasteiger partial charge in [0.05, 0.1) is 11.4 Å². The monoisotopic (exact) mass is 301 g/mol. The van der Waals surface area contributed by atoms with Crippen LogP contribution in [0.4, 0.5) is 0 Å². The Bertz CT molecular complexity index is 603. The second-order valence-corrected chi connectivity index (χ2v) is 7.19. The third-order valence-corrected chi connectivity index (χ3v) is 5.90. The highest BCUT2D eigenvalue weighted by atomic mass is 32.2. The first-order valence-corrected chi connectivity index (χ1v) is 7.95. The van der Waals surface area contributed by atoms with Gasteiger partial charge in [-0.15, -0.1) is 0 Å². The Morgan fingerprint density at radius 2 is 2.10 bits per heavy atom. The van der Waals surface area contributed by atoms with E-state index >= 15 is 0 Å². The number of aliphatic carboxylic acids is 1. The molecule has 1 aromatic rings. The lowest BCUT2D eigenvalue weighted by atomic mass is 9.94. The molecule has 0 saturated carbocycles. The number of H-pyrrole nitrogens is 1. The number of nitrogens with one attached hydrogen (secondary N) is 1. The molecule has 2 heterocycles. The van der Waals surface area contributed by atoms with Gasteiger partial charge in [0.25, 0.3) is 0 Å². The Balaban J connectivity index is 2.45. The summed E-state index contributed by atoms with van der Waals surface area (Å²) in [4.78, 5) is 11.5. The van der Waals surface area contributed by atoms with E-state index in [0.29, 0.717) is 24.2 Å². The zero-order valence-electron chi connectivity index (χ0n) is 11.8. The zero-order valence-corrected chi connectivity index (χ0v) is 12.6. The number of carboxylic acid groups (broad SMARTS) is 1. The lowest BCUT2D eigenvalue weighted by molar-refractivity contribution is -0.143. The maximum absolute atomic E-state index is 12.7. The molecule has 0 amide bonds. The van der Waals surface area contributed by atoms with Gasteiger partial charge in [0.1, 0.15) is 10.9 Å². The Kier molecular flexibility index (Phi) is 3.88. The van der Waals surface area contributed by atoms with Crippen LogP contribution >= 0.6 is 0 Å². The topological polar surface area (TPSA) is 103 Å². The van der Waals surface area contributed by atoms with Crippen molar-refractivity contribution in [3.63, 3.8) is 0 Å². The van der Waals surface area contributed by atoms with Crippen molar-refractivity contribution in [1.82, 2.24) is 14.5 Å². The summed E-state index contributed by atoms with van der Waals surface area (Å²) in [5, 5.41) is 15.8. The quantitative estimate of drug-likeness (QED) is 0.863. The Morgan fingerprint density at radius 1 is 1.45 bits per heavy atom. The van der Waals surface area contributed by atoms with Crippen molar-refractivity contribution in [3.05, 3.63) is 11.4 Å². The SMILES string of the molecule is Cc1n[nH]c(C)c1S(=O)(=O)N1CCC(C)CC1C(=O)O. The van der Waals surface area contributed by atoms with Crippen molar-refractivity contribution in [1.29, 1.82) is 0 Å². The summed E-state index contributed by atoms with van der Waals surface area (Å²) in [6.45, 7) is 5.38. The molecule has 1 aliphatic heterocycles. The molecule has 2 atom stereocenters. The molecule has 1 aliphatic rings. The number of aromatic nitrogens is 2. The third-order valence-electron chi connectivity index (χ3n) is 3.73. The smallest absolute Gasteiger partial charge is 0.322 e. The van der Waals surface area contributed by atoms with E-state index in [1.807, 2.05) is 6.92 Å². The first kappa shape index (κ1) is 15.0. The number of aromatic amines is 1. The van der Waals surface area contributed by atoms with Crippen LogP contribution in [0.2, 0.25) is 0 Å². The molecule has 2 unspecified atom stereocenters. The van der Waals surface area contributed by atoms with Crippen LogP contribution in [0.5, 0.6) is 0 Å². The van der Waals surface area contributed by atoms with E-state index in [1.54, 1.807) is 13.8 Å². The summed E-state index contributed by atoms with van der Waals surface area (Å²) in [6.07, 6.45) is 1.00. The van der Waals surface area contributed by atoms with E-state index in [1.165, 1.54) is 0 Å². The van der Waals surface area contributed by atoms with Gasteiger partial charge in [0.15, 0.2) is 0 Å². The first-order chi connectivity index (χ1) is 9.25. The normalized spacial score (nSPS) is 24.8. The number of nitrogens with zero attached hydrogens (tertiary/aromatic N) is 2. The largest absolute Gasteiger partial charge is 0.480 e. The van der Waals surface area contributed by atoms with Gasteiger partial charge in [0, 0.05) is 6.54 Å². The number of hydrogen-bond acceptors (Lipinski definition) is 4. The van der Waals surface area contributed by atoms with Crippen LogP contribution < -0.4 is 0 Å². The molecule has 2 N–H and O–H groups in total. The van der Waals surface area contributed by atoms with Crippen molar-refractivity contribution >= 4 is 16.0 Å². The molecular weight excluding hydrogens is 282 g/mol. The Hall–Kier alpha value is -1.41. The van der Waals surface area contributed by atoms with Gasteiger partial charge >= 0.3 is 5.97 Å². The molecule has 0 aromatic carbocycles. The van der Waals surface area contributed by atoms with E-state index in [9.17, 15) is 18.3 Å². The predicted molar refractivity (Wildman–Crippen MR) is 71.8 cm³/mol. The van der Waals surface area contributed by atoms with E-state index in [4.69, 9.17) is 0 Å². The maximum Gasteiger partial charge on any atom is 0.322 e. The summed E-state index contributed by atoms with van der Waals surface area (Å²) in [7, 11) is -3.84. The van der Waals surface area contributed by atoms with Crippen molar-refractivity contribution in [3.8, 4) is 0 Å². The highest BCUT2D eigenvalue weighted by Crippen LogP contribution is 2.30. The zero-order chi connectivity index (χ0) is 15.1. The number of carbonyl (C=O) groups is 1. The average Bonchev–Trinajstić information content (AvgIpc) is 2.69. The maximum atomic E-state index is 12.7. The number of sulfonamides is 1. The number of carboxylic acids is 1. The van der Waals surface area contributed by atoms with Gasteiger partial charge in [-0.3, -0.25) is 9.89 Å². The molecule has 112 valence electrons. The van der Waals surface area contributed by atoms with Gasteiger partial charge in [-0.05, 0) is 32.6 Å². The molecule has 1 fully saturated rings. The molecule has 0 radical (unpaired) electrons. The minimum Gasteiger partial charge on any atom is -0.480 e. The molecule has 0 aliphatic carbocycles. The molecule has 0 bridgehead atoms. The number of rotatable bonds is 3. The molecule has 20 heavy (non-hydrogen) atoms. The average molecular weight is 301 g/mol. The summed E-state index contributed by atoms with van der Waals surface area (Å²) in [5.41, 5.74) is 0.801. The second-order valence-electron chi connectivity index (χ2n) is 5.36. The van der Waals surface area contributed by atoms with Gasteiger partial charge in [0.2, 0.25) is 10.0 Å². The molecule has 0 spiro atoms. The van der Waals surface area contributed by atoms with Crippen molar-refractivity contribution in [2.24, 2.45) is 5.92 Å². The van der Waals surface area contributed by atoms with Gasteiger partial charge < -0.3 is 5.11 Å². The minimum atomic E-state index is -3.84. The molecule has 8 heteroatoms. The van der Waals surface area contributed by atoms with E-state index < -0.39 is 22.0 Å². The molecule has 1 saturated heterocycles. The third kappa shape index (κ3) is 2.45. The standard InChI is InChI=1S/C12H19N3O4S/c1-7-4-5-15(10(6-7)12(16)17)20(18,19)11-8(2)13-14-9(11)3/h7,10H,4-6H2,1-3H3,(H,13,14)(H,16,17). The van der Waals surface area contributed by atoms with Gasteiger partial charge in [-0.2, -0.15) is 9.40 Å². The van der Waals surface area contributed by atoms with Crippen LogP contribution in [0, 0.1) is 19.8 Å². The Morgan fingerprint density at radius 3 is 2.60 bits per heavy atom. The summed E-state index contributed by atoms with van der Waals surface area (Å²) < 4.78 is 26.5. The molecule has 7 nitrogen and oxygen atoms in total. The molecule has 1 aromatic heterocycles. The fraction of sp³-hybridized carbons (Fsp3) is 0.667. The lowest BCUT2D eigenvalue weighted by Gasteiger charge is -2.34. The number of piperidine rings is 1. The van der Waals surface area contributed by atoms with Crippen molar-refractivity contribution in [2.75, 3.05) is 6.54 Å². The van der Waals surface area contributed by atoms with Crippen LogP contribution in [0.1, 0.15) is 31.2 Å². The van der Waals surface area contributed by atoms with Crippen molar-refractivity contribution < 1.29 is 18.3 Å². The van der Waals surface area contributed by atoms with Crippen LogP contribution in [0.25, 0.3) is 0 Å². The van der Waals surface area contributed by atoms with Gasteiger partial charge in [-0.1, -0.05) is 6.92 Å². The lowest BCUT2D eigenvalue weighted by Crippen LogP contribution is -2.49. The van der Waals surface area contributed by atoms with E-state index in [-0.39, 0.29) is 17.4 Å². The molecular formula is C12H19N3O4S. The van der Waals surface area contributed by atoms with Crippen LogP contribution in [0.15, 0.2) is 4.90 Å². The summed E-state index contributed by atoms with van der Waals surface area (Å²) >= 11 is 0.